The van der Waals surface area contributed by atoms with Crippen LogP contribution in [0, 0.1) is 0 Å². The first-order valence-corrected chi connectivity index (χ1v) is 6.00. The molecule has 0 aromatic carbocycles. The van der Waals surface area contributed by atoms with Gasteiger partial charge in [0, 0.05) is 13.0 Å². The molecule has 0 aromatic rings. The molecule has 16 heavy (non-hydrogen) atoms. The third-order valence-corrected chi connectivity index (χ3v) is 3.51. The van der Waals surface area contributed by atoms with Crippen LogP contribution in [0.1, 0.15) is 26.2 Å². The Morgan fingerprint density at radius 3 is 3.00 bits per heavy atom. The fourth-order valence-corrected chi connectivity index (χ4v) is 2.62. The highest BCUT2D eigenvalue weighted by Gasteiger charge is 2.48. The van der Waals surface area contributed by atoms with Crippen LogP contribution in [0.15, 0.2) is 0 Å². The zero-order chi connectivity index (χ0) is 11.1. The van der Waals surface area contributed by atoms with Gasteiger partial charge in [-0.05, 0) is 13.3 Å². The fourth-order valence-electron chi connectivity index (χ4n) is 2.62. The number of β-lactam (4-membered cyclic amide) rings is 1. The molecule has 0 bridgehead atoms. The molecule has 3 aliphatic rings. The molecule has 0 spiro atoms. The fraction of sp³-hybridized carbons (Fsp3) is 0.909. The summed E-state index contributed by atoms with van der Waals surface area (Å²) in [5.74, 6) is 0.172. The van der Waals surface area contributed by atoms with Gasteiger partial charge in [0.25, 0.3) is 0 Å². The highest BCUT2D eigenvalue weighted by Crippen LogP contribution is 2.34. The van der Waals surface area contributed by atoms with Crippen LogP contribution in [-0.4, -0.2) is 48.7 Å². The molecule has 3 saturated heterocycles. The molecule has 0 N–H and O–H groups in total. The summed E-state index contributed by atoms with van der Waals surface area (Å²) < 4.78 is 17.1. The molecule has 0 aliphatic carbocycles. The maximum atomic E-state index is 11.3. The van der Waals surface area contributed by atoms with Crippen molar-refractivity contribution < 1.29 is 19.0 Å². The summed E-state index contributed by atoms with van der Waals surface area (Å²) in [6, 6.07) is 0. The van der Waals surface area contributed by atoms with Crippen LogP contribution in [0.4, 0.5) is 0 Å². The zero-order valence-electron chi connectivity index (χ0n) is 9.43. The van der Waals surface area contributed by atoms with Gasteiger partial charge in [-0.3, -0.25) is 4.79 Å². The molecule has 3 fully saturated rings. The molecule has 90 valence electrons. The van der Waals surface area contributed by atoms with E-state index in [0.717, 1.165) is 12.8 Å². The number of carbonyl (C=O) groups is 1. The normalized spacial score (nSPS) is 42.3. The van der Waals surface area contributed by atoms with Gasteiger partial charge < -0.3 is 19.1 Å². The highest BCUT2D eigenvalue weighted by molar-refractivity contribution is 5.82. The van der Waals surface area contributed by atoms with Gasteiger partial charge in [-0.25, -0.2) is 0 Å². The number of hydrogen-bond donors (Lipinski definition) is 0. The van der Waals surface area contributed by atoms with E-state index in [-0.39, 0.29) is 30.6 Å². The Bertz CT molecular complexity index is 296. The summed E-state index contributed by atoms with van der Waals surface area (Å²) in [5, 5.41) is 0. The lowest BCUT2D eigenvalue weighted by atomic mass is 9.98. The van der Waals surface area contributed by atoms with Gasteiger partial charge in [0.05, 0.1) is 19.1 Å². The van der Waals surface area contributed by atoms with Crippen LogP contribution in [0.3, 0.4) is 0 Å². The second kappa shape index (κ2) is 3.98. The lowest BCUT2D eigenvalue weighted by Gasteiger charge is -2.51. The Kier molecular flexibility index (Phi) is 2.61. The minimum atomic E-state index is -0.122. The average Bonchev–Trinajstić information content (AvgIpc) is 2.28. The number of carbonyl (C=O) groups excluding carboxylic acids is 1. The van der Waals surface area contributed by atoms with Crippen molar-refractivity contribution in [2.45, 2.75) is 50.9 Å². The third kappa shape index (κ3) is 1.63. The Morgan fingerprint density at radius 2 is 2.25 bits per heavy atom. The van der Waals surface area contributed by atoms with Gasteiger partial charge >= 0.3 is 0 Å². The maximum absolute atomic E-state index is 11.3. The van der Waals surface area contributed by atoms with E-state index in [1.807, 2.05) is 6.92 Å². The topological polar surface area (TPSA) is 48.0 Å². The maximum Gasteiger partial charge on any atom is 0.229 e. The predicted molar refractivity (Wildman–Crippen MR) is 54.5 cm³/mol. The van der Waals surface area contributed by atoms with E-state index in [0.29, 0.717) is 19.6 Å². The Morgan fingerprint density at radius 1 is 1.38 bits per heavy atom. The number of ether oxygens (including phenoxy) is 3. The van der Waals surface area contributed by atoms with Gasteiger partial charge in [0.2, 0.25) is 5.91 Å². The van der Waals surface area contributed by atoms with Crippen molar-refractivity contribution >= 4 is 5.91 Å². The molecule has 4 atom stereocenters. The first-order valence-electron chi connectivity index (χ1n) is 6.00. The molecule has 0 saturated carbocycles. The minimum Gasteiger partial charge on any atom is -0.353 e. The third-order valence-electron chi connectivity index (χ3n) is 3.51. The van der Waals surface area contributed by atoms with Crippen LogP contribution in [0.2, 0.25) is 0 Å². The first kappa shape index (κ1) is 10.5. The molecule has 3 aliphatic heterocycles. The lowest BCUT2D eigenvalue weighted by Crippen LogP contribution is -2.65. The molecule has 1 amide bonds. The van der Waals surface area contributed by atoms with Crippen molar-refractivity contribution in [3.8, 4) is 0 Å². The number of hydrogen-bond acceptors (Lipinski definition) is 4. The molecule has 0 radical (unpaired) electrons. The molecule has 0 aromatic heterocycles. The molecule has 3 heterocycles. The molecule has 5 nitrogen and oxygen atoms in total. The van der Waals surface area contributed by atoms with Crippen molar-refractivity contribution in [3.63, 3.8) is 0 Å². The number of nitrogens with zero attached hydrogens (tertiary/aromatic N) is 1. The average molecular weight is 227 g/mol. The van der Waals surface area contributed by atoms with E-state index in [2.05, 4.69) is 0 Å². The van der Waals surface area contributed by atoms with Crippen LogP contribution in [0.25, 0.3) is 0 Å². The summed E-state index contributed by atoms with van der Waals surface area (Å²) in [5.41, 5.74) is 0. The van der Waals surface area contributed by atoms with Gasteiger partial charge in [-0.15, -0.1) is 0 Å². The lowest BCUT2D eigenvalue weighted by molar-refractivity contribution is -0.287. The number of fused-ring (bicyclic) bond motifs is 2. The van der Waals surface area contributed by atoms with Crippen molar-refractivity contribution in [3.05, 3.63) is 0 Å². The second-order valence-electron chi connectivity index (χ2n) is 4.52. The summed E-state index contributed by atoms with van der Waals surface area (Å²) in [6.07, 6.45) is 2.42. The van der Waals surface area contributed by atoms with E-state index in [9.17, 15) is 4.79 Å². The summed E-state index contributed by atoms with van der Waals surface area (Å²) in [7, 11) is 0. The van der Waals surface area contributed by atoms with Crippen LogP contribution < -0.4 is 0 Å². The second-order valence-corrected chi connectivity index (χ2v) is 4.52. The molecule has 0 unspecified atom stereocenters. The van der Waals surface area contributed by atoms with Gasteiger partial charge in [0.15, 0.2) is 6.29 Å². The minimum absolute atomic E-state index is 0.00852. The number of rotatable bonds is 2. The van der Waals surface area contributed by atoms with E-state index in [1.54, 1.807) is 4.90 Å². The molecular weight excluding hydrogens is 210 g/mol. The van der Waals surface area contributed by atoms with Crippen molar-refractivity contribution in [2.75, 3.05) is 13.2 Å². The monoisotopic (exact) mass is 227 g/mol. The van der Waals surface area contributed by atoms with Crippen molar-refractivity contribution in [2.24, 2.45) is 0 Å². The summed E-state index contributed by atoms with van der Waals surface area (Å²) in [6.45, 7) is 3.29. The standard InChI is InChI=1S/C11H17NO4/c1-2-14-11-4-3-7-8(16-11)6-12-9(13)5-10(12)15-7/h7-8,10-11H,2-6H2,1H3/t7-,8+,10+,11-/m0/s1. The Hall–Kier alpha value is -0.650. The zero-order valence-corrected chi connectivity index (χ0v) is 9.43. The Labute approximate surface area is 94.6 Å². The van der Waals surface area contributed by atoms with Crippen LogP contribution in [0.5, 0.6) is 0 Å². The smallest absolute Gasteiger partial charge is 0.229 e. The van der Waals surface area contributed by atoms with Gasteiger partial charge in [0.1, 0.15) is 12.3 Å². The first-order chi connectivity index (χ1) is 7.78. The SMILES string of the molecule is CCO[C@@H]1CC[C@@H]2O[C@@H]3CC(=O)N3C[C@H]2O1. The van der Waals surface area contributed by atoms with Crippen LogP contribution >= 0.6 is 0 Å². The quantitative estimate of drug-likeness (QED) is 0.644. The van der Waals surface area contributed by atoms with E-state index < -0.39 is 0 Å². The van der Waals surface area contributed by atoms with Crippen LogP contribution in [-0.2, 0) is 19.0 Å². The van der Waals surface area contributed by atoms with Crippen molar-refractivity contribution in [1.82, 2.24) is 4.90 Å². The largest absolute Gasteiger partial charge is 0.353 e. The van der Waals surface area contributed by atoms with Gasteiger partial charge in [-0.1, -0.05) is 0 Å². The van der Waals surface area contributed by atoms with E-state index in [1.165, 1.54) is 0 Å². The number of amides is 1. The van der Waals surface area contributed by atoms with E-state index in [4.69, 9.17) is 14.2 Å². The molecular formula is C11H17NO4. The summed E-state index contributed by atoms with van der Waals surface area (Å²) >= 11 is 0. The Balaban J connectivity index is 1.62. The summed E-state index contributed by atoms with van der Waals surface area (Å²) in [4.78, 5) is 13.1. The molecule has 3 rings (SSSR count). The van der Waals surface area contributed by atoms with E-state index >= 15 is 0 Å². The highest BCUT2D eigenvalue weighted by atomic mass is 16.7. The van der Waals surface area contributed by atoms with Gasteiger partial charge in [-0.2, -0.15) is 0 Å². The predicted octanol–water partition coefficient (Wildman–Crippen LogP) is 0.485. The van der Waals surface area contributed by atoms with Crippen molar-refractivity contribution in [1.29, 1.82) is 0 Å². The molecule has 5 heteroatoms.